The Balaban J connectivity index is 1.87. The number of amides is 1. The molecule has 2 aromatic rings. The molecule has 7 nitrogen and oxygen atoms in total. The van der Waals surface area contributed by atoms with Crippen molar-refractivity contribution in [2.45, 2.75) is 32.7 Å². The van der Waals surface area contributed by atoms with E-state index in [0.717, 1.165) is 5.56 Å². The smallest absolute Gasteiger partial charge is 0.326 e. The highest BCUT2D eigenvalue weighted by Crippen LogP contribution is 2.18. The largest absolute Gasteiger partial charge is 0.480 e. The molecule has 0 aliphatic heterocycles. The third-order valence-electron chi connectivity index (χ3n) is 3.06. The molecule has 8 heteroatoms. The molecule has 0 fully saturated rings. The van der Waals surface area contributed by atoms with Crippen LogP contribution in [0.1, 0.15) is 26.2 Å². The minimum Gasteiger partial charge on any atom is -0.480 e. The fourth-order valence-corrected chi connectivity index (χ4v) is 2.48. The Bertz CT molecular complexity index is 636. The summed E-state index contributed by atoms with van der Waals surface area (Å²) in [6.07, 6.45) is 0.370. The Morgan fingerprint density at radius 2 is 2.23 bits per heavy atom. The van der Waals surface area contributed by atoms with Gasteiger partial charge in [0.15, 0.2) is 0 Å². The molecule has 0 bridgehead atoms. The first-order valence-electron chi connectivity index (χ1n) is 6.84. The topological polar surface area (TPSA) is 105 Å². The number of rotatable bonds is 7. The molecular formula is C14H17N3O4S. The summed E-state index contributed by atoms with van der Waals surface area (Å²) in [5.74, 6) is -0.734. The average molecular weight is 323 g/mol. The number of nitrogens with zero attached hydrogens (tertiary/aromatic N) is 2. The molecule has 1 atom stereocenters. The zero-order valence-electron chi connectivity index (χ0n) is 12.3. The van der Waals surface area contributed by atoms with Gasteiger partial charge in [-0.15, -0.1) is 0 Å². The van der Waals surface area contributed by atoms with Crippen LogP contribution in [0.15, 0.2) is 21.3 Å². The number of thiophene rings is 1. The molecule has 2 heterocycles. The Labute approximate surface area is 131 Å². The van der Waals surface area contributed by atoms with E-state index >= 15 is 0 Å². The maximum Gasteiger partial charge on any atom is 0.326 e. The van der Waals surface area contributed by atoms with E-state index in [2.05, 4.69) is 15.5 Å². The van der Waals surface area contributed by atoms with Gasteiger partial charge in [0.2, 0.25) is 17.6 Å². The first-order valence-corrected chi connectivity index (χ1v) is 7.79. The predicted molar refractivity (Wildman–Crippen MR) is 80.3 cm³/mol. The molecular weight excluding hydrogens is 306 g/mol. The second-order valence-electron chi connectivity index (χ2n) is 5.15. The summed E-state index contributed by atoms with van der Waals surface area (Å²) in [5.41, 5.74) is 0.871. The summed E-state index contributed by atoms with van der Waals surface area (Å²) in [6, 6.07) is 0.989. The van der Waals surface area contributed by atoms with Crippen molar-refractivity contribution < 1.29 is 19.2 Å². The van der Waals surface area contributed by atoms with Crippen molar-refractivity contribution in [1.82, 2.24) is 15.5 Å². The first-order chi connectivity index (χ1) is 10.5. The molecule has 22 heavy (non-hydrogen) atoms. The van der Waals surface area contributed by atoms with Gasteiger partial charge in [-0.1, -0.05) is 19.0 Å². The molecule has 2 N–H and O–H groups in total. The van der Waals surface area contributed by atoms with E-state index in [4.69, 9.17) is 9.63 Å². The quantitative estimate of drug-likeness (QED) is 0.807. The molecule has 0 spiro atoms. The third kappa shape index (κ3) is 4.14. The van der Waals surface area contributed by atoms with Crippen LogP contribution in [0.25, 0.3) is 11.4 Å². The van der Waals surface area contributed by atoms with Crippen LogP contribution in [0.5, 0.6) is 0 Å². The maximum absolute atomic E-state index is 11.8. The van der Waals surface area contributed by atoms with Crippen LogP contribution in [0.4, 0.5) is 0 Å². The van der Waals surface area contributed by atoms with Gasteiger partial charge >= 0.3 is 5.97 Å². The number of carboxylic acids is 1. The lowest BCUT2D eigenvalue weighted by molar-refractivity contribution is -0.143. The molecule has 0 saturated heterocycles. The van der Waals surface area contributed by atoms with Crippen molar-refractivity contribution in [1.29, 1.82) is 0 Å². The van der Waals surface area contributed by atoms with Gasteiger partial charge in [-0.3, -0.25) is 4.79 Å². The number of aromatic nitrogens is 2. The second-order valence-corrected chi connectivity index (χ2v) is 5.93. The molecule has 0 aliphatic carbocycles. The van der Waals surface area contributed by atoms with Gasteiger partial charge < -0.3 is 14.9 Å². The summed E-state index contributed by atoms with van der Waals surface area (Å²) in [5, 5.41) is 19.2. The molecule has 1 amide bonds. The van der Waals surface area contributed by atoms with Crippen LogP contribution in [0, 0.1) is 5.92 Å². The van der Waals surface area contributed by atoms with Gasteiger partial charge in [0.05, 0.1) is 0 Å². The maximum atomic E-state index is 11.8. The van der Waals surface area contributed by atoms with Gasteiger partial charge in [0.25, 0.3) is 0 Å². The fraction of sp³-hybridized carbons (Fsp3) is 0.429. The van der Waals surface area contributed by atoms with Gasteiger partial charge in [-0.2, -0.15) is 16.3 Å². The average Bonchev–Trinajstić information content (AvgIpc) is 3.12. The Morgan fingerprint density at radius 3 is 2.82 bits per heavy atom. The van der Waals surface area contributed by atoms with Crippen molar-refractivity contribution in [2.24, 2.45) is 5.92 Å². The zero-order chi connectivity index (χ0) is 16.1. The van der Waals surface area contributed by atoms with Crippen LogP contribution >= 0.6 is 11.3 Å². The van der Waals surface area contributed by atoms with Crippen LogP contribution in [0.3, 0.4) is 0 Å². The van der Waals surface area contributed by atoms with E-state index in [1.807, 2.05) is 16.8 Å². The zero-order valence-corrected chi connectivity index (χ0v) is 13.1. The van der Waals surface area contributed by atoms with Crippen molar-refractivity contribution >= 4 is 23.2 Å². The van der Waals surface area contributed by atoms with E-state index in [1.165, 1.54) is 11.3 Å². The molecule has 2 aromatic heterocycles. The molecule has 2 rings (SSSR count). The van der Waals surface area contributed by atoms with Crippen molar-refractivity contribution in [3.8, 4) is 11.4 Å². The van der Waals surface area contributed by atoms with Gasteiger partial charge in [0.1, 0.15) is 6.04 Å². The normalized spacial score (nSPS) is 12.3. The van der Waals surface area contributed by atoms with Gasteiger partial charge in [-0.05, 0) is 17.4 Å². The number of nitrogens with one attached hydrogen (secondary N) is 1. The highest BCUT2D eigenvalue weighted by molar-refractivity contribution is 7.08. The SMILES string of the molecule is CC(C)[C@H](NC(=O)CCc1nc(-c2ccsc2)no1)C(=O)O. The molecule has 118 valence electrons. The number of aliphatic carboxylic acids is 1. The van der Waals surface area contributed by atoms with Crippen LogP contribution < -0.4 is 5.32 Å². The summed E-state index contributed by atoms with van der Waals surface area (Å²) in [4.78, 5) is 27.0. The van der Waals surface area contributed by atoms with E-state index in [-0.39, 0.29) is 24.7 Å². The Morgan fingerprint density at radius 1 is 1.45 bits per heavy atom. The number of carboxylic acid groups (broad SMARTS) is 1. The summed E-state index contributed by atoms with van der Waals surface area (Å²) in [6.45, 7) is 3.48. The van der Waals surface area contributed by atoms with E-state index in [0.29, 0.717) is 11.7 Å². The number of carbonyl (C=O) groups is 2. The minimum atomic E-state index is -1.04. The standard InChI is InChI=1S/C14H17N3O4S/c1-8(2)12(14(19)20)15-10(18)3-4-11-16-13(17-21-11)9-5-6-22-7-9/h5-8,12H,3-4H2,1-2H3,(H,15,18)(H,19,20)/t12-/m0/s1. The van der Waals surface area contributed by atoms with E-state index in [1.54, 1.807) is 13.8 Å². The summed E-state index contributed by atoms with van der Waals surface area (Å²) >= 11 is 1.53. The number of hydrogen-bond acceptors (Lipinski definition) is 6. The lowest BCUT2D eigenvalue weighted by Crippen LogP contribution is -2.44. The molecule has 0 radical (unpaired) electrons. The summed E-state index contributed by atoms with van der Waals surface area (Å²) < 4.78 is 5.09. The van der Waals surface area contributed by atoms with Gasteiger partial charge in [-0.25, -0.2) is 4.79 Å². The monoisotopic (exact) mass is 323 g/mol. The van der Waals surface area contributed by atoms with Crippen LogP contribution in [0.2, 0.25) is 0 Å². The van der Waals surface area contributed by atoms with Crippen LogP contribution in [-0.2, 0) is 16.0 Å². The third-order valence-corrected chi connectivity index (χ3v) is 3.75. The molecule has 0 aromatic carbocycles. The lowest BCUT2D eigenvalue weighted by Gasteiger charge is -2.17. The Kier molecular flexibility index (Phi) is 5.26. The lowest BCUT2D eigenvalue weighted by atomic mass is 10.0. The highest BCUT2D eigenvalue weighted by atomic mass is 32.1. The van der Waals surface area contributed by atoms with Gasteiger partial charge in [0, 0.05) is 23.8 Å². The van der Waals surface area contributed by atoms with Crippen molar-refractivity contribution in [2.75, 3.05) is 0 Å². The molecule has 0 aliphatic rings. The predicted octanol–water partition coefficient (Wildman–Crippen LogP) is 1.96. The van der Waals surface area contributed by atoms with Crippen molar-refractivity contribution in [3.05, 3.63) is 22.7 Å². The van der Waals surface area contributed by atoms with E-state index in [9.17, 15) is 9.59 Å². The molecule has 0 saturated carbocycles. The second kappa shape index (κ2) is 7.17. The highest BCUT2D eigenvalue weighted by Gasteiger charge is 2.23. The minimum absolute atomic E-state index is 0.0990. The fourth-order valence-electron chi connectivity index (χ4n) is 1.84. The van der Waals surface area contributed by atoms with Crippen LogP contribution in [-0.4, -0.2) is 33.2 Å². The Hall–Kier alpha value is -2.22. The number of hydrogen-bond donors (Lipinski definition) is 2. The molecule has 0 unspecified atom stereocenters. The number of carbonyl (C=O) groups excluding carboxylic acids is 1. The summed E-state index contributed by atoms with van der Waals surface area (Å²) in [7, 11) is 0. The number of aryl methyl sites for hydroxylation is 1. The van der Waals surface area contributed by atoms with Crippen molar-refractivity contribution in [3.63, 3.8) is 0 Å². The first kappa shape index (κ1) is 16.2. The van der Waals surface area contributed by atoms with E-state index < -0.39 is 12.0 Å².